The summed E-state index contributed by atoms with van der Waals surface area (Å²) in [6, 6.07) is 10.0. The van der Waals surface area contributed by atoms with Crippen molar-refractivity contribution in [3.8, 4) is 0 Å². The van der Waals surface area contributed by atoms with Crippen LogP contribution in [0.2, 0.25) is 0 Å². The predicted molar refractivity (Wildman–Crippen MR) is 151 cm³/mol. The van der Waals surface area contributed by atoms with Crippen molar-refractivity contribution in [1.82, 2.24) is 19.5 Å². The van der Waals surface area contributed by atoms with Crippen molar-refractivity contribution < 1.29 is 35.9 Å². The van der Waals surface area contributed by atoms with Crippen LogP contribution >= 0.6 is 0 Å². The molecule has 0 spiro atoms. The van der Waals surface area contributed by atoms with Crippen LogP contribution in [-0.2, 0) is 49.2 Å². The van der Waals surface area contributed by atoms with E-state index in [-0.39, 0.29) is 55.4 Å². The van der Waals surface area contributed by atoms with E-state index in [4.69, 9.17) is 9.47 Å². The lowest BCUT2D eigenvalue weighted by Crippen LogP contribution is -2.52. The maximum absolute atomic E-state index is 14.5. The molecule has 4 heterocycles. The summed E-state index contributed by atoms with van der Waals surface area (Å²) in [5, 5.41) is 3.68. The van der Waals surface area contributed by atoms with Gasteiger partial charge in [0.25, 0.3) is 0 Å². The normalized spacial score (nSPS) is 29.8. The number of nitrogens with zero attached hydrogens (tertiary/aromatic N) is 3. The highest BCUT2D eigenvalue weighted by atomic mass is 32.2. The van der Waals surface area contributed by atoms with Gasteiger partial charge in [-0.2, -0.15) is 13.2 Å². The number of rotatable bonds is 7. The van der Waals surface area contributed by atoms with Crippen LogP contribution in [0.25, 0.3) is 0 Å². The second-order valence-corrected chi connectivity index (χ2v) is 14.2. The summed E-state index contributed by atoms with van der Waals surface area (Å²) in [4.78, 5) is 20.1. The number of halogens is 3. The molecule has 1 amide bonds. The molecule has 1 aromatic carbocycles. The van der Waals surface area contributed by atoms with Crippen LogP contribution in [0.4, 0.5) is 13.2 Å². The molecule has 1 aromatic heterocycles. The van der Waals surface area contributed by atoms with Crippen LogP contribution in [0.3, 0.4) is 0 Å². The molecule has 2 aromatic rings. The van der Waals surface area contributed by atoms with Crippen molar-refractivity contribution in [2.75, 3.05) is 40.0 Å². The maximum atomic E-state index is 14.5. The third kappa shape index (κ3) is 6.06. The average molecular weight is 623 g/mol. The fourth-order valence-corrected chi connectivity index (χ4v) is 9.01. The van der Waals surface area contributed by atoms with Gasteiger partial charge in [0.15, 0.2) is 0 Å². The lowest BCUT2D eigenvalue weighted by molar-refractivity contribution is -0.143. The topological polar surface area (TPSA) is 101 Å². The molecule has 13 heteroatoms. The molecule has 5 atom stereocenters. The van der Waals surface area contributed by atoms with Crippen LogP contribution in [0.1, 0.15) is 41.6 Å². The van der Waals surface area contributed by atoms with Gasteiger partial charge in [-0.05, 0) is 42.4 Å². The molecule has 1 N–H and O–H groups in total. The molecular formula is C30H37F3N4O5S. The molecule has 3 fully saturated rings. The number of nitrogens with one attached hydrogen (secondary N) is 1. The van der Waals surface area contributed by atoms with Crippen molar-refractivity contribution in [1.29, 1.82) is 0 Å². The highest BCUT2D eigenvalue weighted by Crippen LogP contribution is 2.51. The quantitative estimate of drug-likeness (QED) is 0.507. The molecule has 0 radical (unpaired) electrons. The molecule has 6 rings (SSSR count). The van der Waals surface area contributed by atoms with Crippen molar-refractivity contribution in [3.05, 3.63) is 65.0 Å². The molecule has 0 bridgehead atoms. The fourth-order valence-electron chi connectivity index (χ4n) is 7.38. The summed E-state index contributed by atoms with van der Waals surface area (Å²) in [5.74, 6) is -0.588. The van der Waals surface area contributed by atoms with Gasteiger partial charge < -0.3 is 19.7 Å². The third-order valence-electron chi connectivity index (χ3n) is 9.57. The monoisotopic (exact) mass is 622 g/mol. The molecule has 3 aliphatic heterocycles. The van der Waals surface area contributed by atoms with E-state index in [1.54, 1.807) is 36.3 Å². The maximum Gasteiger partial charge on any atom is 0.417 e. The zero-order chi connectivity index (χ0) is 30.4. The number of sulfonamides is 1. The highest BCUT2D eigenvalue weighted by molar-refractivity contribution is 7.88. The largest absolute Gasteiger partial charge is 0.417 e. The number of carbonyl (C=O) groups excluding carboxylic acids is 1. The SMILES string of the molecule is COC1COCCC1N[C@@H]1C[C@H]2CN(S(=O)(=O)Cc3ccccc3)C[C@@]2(C(=O)N2CCc3ncc(C(F)(F)F)cc3C2)C1. The van der Waals surface area contributed by atoms with Gasteiger partial charge in [0.2, 0.25) is 15.9 Å². The molecule has 9 nitrogen and oxygen atoms in total. The van der Waals surface area contributed by atoms with Gasteiger partial charge >= 0.3 is 6.18 Å². The minimum Gasteiger partial charge on any atom is -0.379 e. The highest BCUT2D eigenvalue weighted by Gasteiger charge is 2.60. The Morgan fingerprint density at radius 3 is 2.79 bits per heavy atom. The lowest BCUT2D eigenvalue weighted by atomic mass is 9.78. The van der Waals surface area contributed by atoms with Gasteiger partial charge in [-0.3, -0.25) is 9.78 Å². The number of aromatic nitrogens is 1. The van der Waals surface area contributed by atoms with E-state index >= 15 is 0 Å². The van der Waals surface area contributed by atoms with Crippen LogP contribution in [-0.4, -0.2) is 86.7 Å². The van der Waals surface area contributed by atoms with E-state index in [0.717, 1.165) is 18.7 Å². The van der Waals surface area contributed by atoms with Gasteiger partial charge in [0.05, 0.1) is 29.4 Å². The average Bonchev–Trinajstić information content (AvgIpc) is 3.52. The van der Waals surface area contributed by atoms with Crippen LogP contribution in [0.5, 0.6) is 0 Å². The van der Waals surface area contributed by atoms with E-state index in [1.165, 1.54) is 4.31 Å². The number of ether oxygens (including phenoxy) is 2. The van der Waals surface area contributed by atoms with E-state index in [1.807, 2.05) is 6.07 Å². The Kier molecular flexibility index (Phi) is 8.31. The Morgan fingerprint density at radius 1 is 1.26 bits per heavy atom. The summed E-state index contributed by atoms with van der Waals surface area (Å²) >= 11 is 0. The summed E-state index contributed by atoms with van der Waals surface area (Å²) in [7, 11) is -2.07. The predicted octanol–water partition coefficient (Wildman–Crippen LogP) is 2.99. The van der Waals surface area contributed by atoms with Crippen LogP contribution in [0.15, 0.2) is 42.6 Å². The van der Waals surface area contributed by atoms with Crippen molar-refractivity contribution in [2.24, 2.45) is 11.3 Å². The first kappa shape index (κ1) is 30.4. The zero-order valence-electron chi connectivity index (χ0n) is 24.1. The van der Waals surface area contributed by atoms with Gasteiger partial charge in [0.1, 0.15) is 0 Å². The Hall–Kier alpha value is -2.58. The first-order valence-electron chi connectivity index (χ1n) is 14.7. The Labute approximate surface area is 249 Å². The van der Waals surface area contributed by atoms with Crippen molar-refractivity contribution in [2.45, 2.75) is 62.3 Å². The smallest absolute Gasteiger partial charge is 0.379 e. The number of benzene rings is 1. The summed E-state index contributed by atoms with van der Waals surface area (Å²) in [5.41, 5.74) is -0.218. The second kappa shape index (κ2) is 11.7. The Balaban J connectivity index is 1.26. The van der Waals surface area contributed by atoms with E-state index < -0.39 is 27.2 Å². The Bertz CT molecular complexity index is 1440. The molecule has 2 saturated heterocycles. The summed E-state index contributed by atoms with van der Waals surface area (Å²) < 4.78 is 80.1. The molecule has 234 valence electrons. The number of fused-ring (bicyclic) bond motifs is 2. The number of hydrogen-bond donors (Lipinski definition) is 1. The van der Waals surface area contributed by atoms with E-state index in [9.17, 15) is 26.4 Å². The van der Waals surface area contributed by atoms with Gasteiger partial charge in [0, 0.05) is 70.3 Å². The minimum absolute atomic E-state index is 0.0140. The number of methoxy groups -OCH3 is 1. The van der Waals surface area contributed by atoms with Gasteiger partial charge in [-0.15, -0.1) is 0 Å². The number of alkyl halides is 3. The molecule has 1 saturated carbocycles. The van der Waals surface area contributed by atoms with Gasteiger partial charge in [-0.1, -0.05) is 30.3 Å². The number of pyridine rings is 1. The second-order valence-electron chi connectivity index (χ2n) is 12.2. The summed E-state index contributed by atoms with van der Waals surface area (Å²) in [6.45, 7) is 1.69. The fraction of sp³-hybridized carbons (Fsp3) is 0.600. The van der Waals surface area contributed by atoms with Crippen molar-refractivity contribution >= 4 is 15.9 Å². The van der Waals surface area contributed by atoms with Crippen LogP contribution in [0, 0.1) is 11.3 Å². The molecule has 4 aliphatic rings. The van der Waals surface area contributed by atoms with Crippen LogP contribution < -0.4 is 5.32 Å². The summed E-state index contributed by atoms with van der Waals surface area (Å²) in [6.07, 6.45) is -1.67. The third-order valence-corrected chi connectivity index (χ3v) is 11.3. The number of carbonyl (C=O) groups is 1. The van der Waals surface area contributed by atoms with E-state index in [0.29, 0.717) is 55.8 Å². The molecule has 1 aliphatic carbocycles. The molecule has 43 heavy (non-hydrogen) atoms. The van der Waals surface area contributed by atoms with Crippen molar-refractivity contribution in [3.63, 3.8) is 0 Å². The standard InChI is InChI=1S/C30H37F3N4O5S/c1-41-27-17-42-10-8-26(27)35-24-12-23-16-37(43(39,40)18-20-5-3-2-4-6-20)19-29(23,13-24)28(38)36-9-7-25-21(15-36)11-22(14-34-25)30(31,32)33/h2-6,11,14,23-24,26-27,35H,7-10,12-13,15-19H2,1H3/t23-,24+,26?,27?,29-/m0/s1. The zero-order valence-corrected chi connectivity index (χ0v) is 24.9. The minimum atomic E-state index is -4.54. The molecular weight excluding hydrogens is 585 g/mol. The Morgan fingerprint density at radius 2 is 2.05 bits per heavy atom. The first-order valence-corrected chi connectivity index (χ1v) is 16.3. The van der Waals surface area contributed by atoms with Gasteiger partial charge in [-0.25, -0.2) is 12.7 Å². The number of hydrogen-bond acceptors (Lipinski definition) is 7. The first-order chi connectivity index (χ1) is 20.5. The van der Waals surface area contributed by atoms with E-state index in [2.05, 4.69) is 10.3 Å². The lowest BCUT2D eigenvalue weighted by Gasteiger charge is -2.37. The molecule has 2 unspecified atom stereocenters. The number of amides is 1.